The molecule has 2 N–H and O–H groups in total. The molecule has 1 aromatic heterocycles. The summed E-state index contributed by atoms with van der Waals surface area (Å²) >= 11 is 5.84. The Morgan fingerprint density at radius 2 is 2.04 bits per heavy atom. The highest BCUT2D eigenvalue weighted by molar-refractivity contribution is 6.30. The summed E-state index contributed by atoms with van der Waals surface area (Å²) in [4.78, 5) is 44.3. The summed E-state index contributed by atoms with van der Waals surface area (Å²) in [5.74, 6) is -0.435. The van der Waals surface area contributed by atoms with Crippen LogP contribution in [0.5, 0.6) is 0 Å². The lowest BCUT2D eigenvalue weighted by Gasteiger charge is -2.12. The molecule has 0 spiro atoms. The minimum absolute atomic E-state index is 0.0361. The van der Waals surface area contributed by atoms with Gasteiger partial charge in [-0.1, -0.05) is 11.6 Å². The first-order valence-electron chi connectivity index (χ1n) is 7.37. The van der Waals surface area contributed by atoms with Gasteiger partial charge in [-0.2, -0.15) is 0 Å². The molecular formula is C16H15ClN4O3. The topological polar surface area (TPSA) is 95.2 Å². The van der Waals surface area contributed by atoms with Crippen molar-refractivity contribution in [1.82, 2.24) is 20.2 Å². The predicted molar refractivity (Wildman–Crippen MR) is 88.8 cm³/mol. The fraction of sp³-hybridized carbons (Fsp3) is 0.250. The zero-order valence-electron chi connectivity index (χ0n) is 12.9. The third-order valence-electron chi connectivity index (χ3n) is 3.82. The minimum Gasteiger partial charge on any atom is -0.344 e. The molecule has 24 heavy (non-hydrogen) atoms. The van der Waals surface area contributed by atoms with Gasteiger partial charge in [-0.3, -0.25) is 14.4 Å². The minimum atomic E-state index is -0.581. The van der Waals surface area contributed by atoms with E-state index in [4.69, 9.17) is 11.6 Å². The molecule has 124 valence electrons. The number of aromatic amines is 1. The summed E-state index contributed by atoms with van der Waals surface area (Å²) in [6, 6.07) is 7.24. The molecule has 2 aromatic rings. The Bertz CT molecular complexity index is 847. The molecule has 0 radical (unpaired) electrons. The fourth-order valence-electron chi connectivity index (χ4n) is 2.51. The van der Waals surface area contributed by atoms with Crippen molar-refractivity contribution in [2.75, 3.05) is 13.6 Å². The van der Waals surface area contributed by atoms with Crippen molar-refractivity contribution in [3.8, 4) is 11.4 Å². The fourth-order valence-corrected chi connectivity index (χ4v) is 2.63. The summed E-state index contributed by atoms with van der Waals surface area (Å²) in [6.07, 6.45) is 0.536. The van der Waals surface area contributed by atoms with Crippen LogP contribution in [0.3, 0.4) is 0 Å². The van der Waals surface area contributed by atoms with Gasteiger partial charge < -0.3 is 15.2 Å². The van der Waals surface area contributed by atoms with Gasteiger partial charge in [0.05, 0.1) is 0 Å². The van der Waals surface area contributed by atoms with Crippen LogP contribution in [-0.4, -0.2) is 46.3 Å². The number of benzene rings is 1. The van der Waals surface area contributed by atoms with E-state index in [-0.39, 0.29) is 17.4 Å². The van der Waals surface area contributed by atoms with E-state index in [2.05, 4.69) is 15.3 Å². The highest BCUT2D eigenvalue weighted by atomic mass is 35.5. The molecule has 1 unspecified atom stereocenters. The molecule has 0 saturated carbocycles. The monoisotopic (exact) mass is 346 g/mol. The van der Waals surface area contributed by atoms with Crippen LogP contribution in [0.4, 0.5) is 0 Å². The molecule has 1 atom stereocenters. The number of rotatable bonds is 3. The maximum absolute atomic E-state index is 12.3. The number of likely N-dealkylation sites (tertiary alicyclic amines) is 1. The Balaban J connectivity index is 1.86. The average Bonchev–Trinajstić information content (AvgIpc) is 2.87. The lowest BCUT2D eigenvalue weighted by Crippen LogP contribution is -2.41. The van der Waals surface area contributed by atoms with Crippen LogP contribution in [0.2, 0.25) is 5.02 Å². The molecule has 7 nitrogen and oxygen atoms in total. The SMILES string of the molecule is CN1CCC(NC(=O)c2cc(=O)[nH]c(-c3ccc(Cl)cc3)n2)C1=O. The summed E-state index contributed by atoms with van der Waals surface area (Å²) in [5.41, 5.74) is 0.142. The zero-order valence-corrected chi connectivity index (χ0v) is 13.6. The number of carbonyl (C=O) groups is 2. The van der Waals surface area contributed by atoms with E-state index in [1.165, 1.54) is 0 Å². The summed E-state index contributed by atoms with van der Waals surface area (Å²) < 4.78 is 0. The molecule has 1 saturated heterocycles. The van der Waals surface area contributed by atoms with Crippen molar-refractivity contribution in [3.63, 3.8) is 0 Å². The quantitative estimate of drug-likeness (QED) is 0.868. The molecular weight excluding hydrogens is 332 g/mol. The maximum Gasteiger partial charge on any atom is 0.270 e. The lowest BCUT2D eigenvalue weighted by atomic mass is 10.2. The standard InChI is InChI=1S/C16H15ClN4O3/c1-21-7-6-11(16(21)24)19-15(23)12-8-13(22)20-14(18-12)9-2-4-10(17)5-3-9/h2-5,8,11H,6-7H2,1H3,(H,19,23)(H,18,20,22). The summed E-state index contributed by atoms with van der Waals surface area (Å²) in [7, 11) is 1.68. The van der Waals surface area contributed by atoms with Crippen molar-refractivity contribution >= 4 is 23.4 Å². The Kier molecular flexibility index (Phi) is 4.35. The number of aromatic nitrogens is 2. The number of hydrogen-bond acceptors (Lipinski definition) is 4. The van der Waals surface area contributed by atoms with Crippen molar-refractivity contribution in [3.05, 3.63) is 51.4 Å². The van der Waals surface area contributed by atoms with E-state index in [1.54, 1.807) is 36.2 Å². The molecule has 0 aliphatic carbocycles. The number of halogens is 1. The van der Waals surface area contributed by atoms with Crippen LogP contribution in [0.25, 0.3) is 11.4 Å². The second-order valence-electron chi connectivity index (χ2n) is 5.56. The number of likely N-dealkylation sites (N-methyl/N-ethyl adjacent to an activating group) is 1. The van der Waals surface area contributed by atoms with Crippen LogP contribution in [-0.2, 0) is 4.79 Å². The normalized spacial score (nSPS) is 17.2. The number of amides is 2. The molecule has 1 fully saturated rings. The van der Waals surface area contributed by atoms with Gasteiger partial charge in [-0.15, -0.1) is 0 Å². The predicted octanol–water partition coefficient (Wildman–Crippen LogP) is 1.05. The lowest BCUT2D eigenvalue weighted by molar-refractivity contribution is -0.128. The van der Waals surface area contributed by atoms with Gasteiger partial charge in [-0.25, -0.2) is 4.98 Å². The largest absolute Gasteiger partial charge is 0.344 e. The Hall–Kier alpha value is -2.67. The van der Waals surface area contributed by atoms with Crippen molar-refractivity contribution in [1.29, 1.82) is 0 Å². The molecule has 1 aliphatic rings. The van der Waals surface area contributed by atoms with E-state index in [9.17, 15) is 14.4 Å². The van der Waals surface area contributed by atoms with Crippen molar-refractivity contribution < 1.29 is 9.59 Å². The highest BCUT2D eigenvalue weighted by Gasteiger charge is 2.30. The second-order valence-corrected chi connectivity index (χ2v) is 6.00. The van der Waals surface area contributed by atoms with Gasteiger partial charge in [0.25, 0.3) is 11.5 Å². The highest BCUT2D eigenvalue weighted by Crippen LogP contribution is 2.17. The van der Waals surface area contributed by atoms with Crippen LogP contribution in [0, 0.1) is 0 Å². The second kappa shape index (κ2) is 6.45. The third-order valence-corrected chi connectivity index (χ3v) is 4.08. The maximum atomic E-state index is 12.3. The number of H-pyrrole nitrogens is 1. The zero-order chi connectivity index (χ0) is 17.3. The van der Waals surface area contributed by atoms with Crippen molar-refractivity contribution in [2.45, 2.75) is 12.5 Å². The first-order chi connectivity index (χ1) is 11.4. The molecule has 2 heterocycles. The average molecular weight is 347 g/mol. The van der Waals surface area contributed by atoms with E-state index in [0.717, 1.165) is 6.07 Å². The van der Waals surface area contributed by atoms with E-state index in [1.807, 2.05) is 0 Å². The Morgan fingerprint density at radius 1 is 1.33 bits per heavy atom. The molecule has 1 aliphatic heterocycles. The van der Waals surface area contributed by atoms with Gasteiger partial charge >= 0.3 is 0 Å². The molecule has 3 rings (SSSR count). The van der Waals surface area contributed by atoms with Crippen molar-refractivity contribution in [2.24, 2.45) is 0 Å². The van der Waals surface area contributed by atoms with Gasteiger partial charge in [0.1, 0.15) is 17.6 Å². The number of nitrogens with one attached hydrogen (secondary N) is 2. The molecule has 2 amide bonds. The van der Waals surface area contributed by atoms with Crippen LogP contribution in [0.15, 0.2) is 35.1 Å². The summed E-state index contributed by atoms with van der Waals surface area (Å²) in [6.45, 7) is 0.586. The van der Waals surface area contributed by atoms with E-state index >= 15 is 0 Å². The molecule has 8 heteroatoms. The smallest absolute Gasteiger partial charge is 0.270 e. The summed E-state index contributed by atoms with van der Waals surface area (Å²) in [5, 5.41) is 3.18. The number of nitrogens with zero attached hydrogens (tertiary/aromatic N) is 2. The molecule has 1 aromatic carbocycles. The van der Waals surface area contributed by atoms with Crippen LogP contribution >= 0.6 is 11.6 Å². The van der Waals surface area contributed by atoms with Gasteiger partial charge in [-0.05, 0) is 30.7 Å². The van der Waals surface area contributed by atoms with Gasteiger partial charge in [0.2, 0.25) is 5.91 Å². The van der Waals surface area contributed by atoms with Crippen LogP contribution < -0.4 is 10.9 Å². The first-order valence-corrected chi connectivity index (χ1v) is 7.75. The number of hydrogen-bond donors (Lipinski definition) is 2. The van der Waals surface area contributed by atoms with E-state index < -0.39 is 17.5 Å². The van der Waals surface area contributed by atoms with Crippen LogP contribution in [0.1, 0.15) is 16.9 Å². The Labute approximate surface area is 142 Å². The molecule has 0 bridgehead atoms. The van der Waals surface area contributed by atoms with E-state index in [0.29, 0.717) is 23.6 Å². The van der Waals surface area contributed by atoms with Gasteiger partial charge in [0.15, 0.2) is 0 Å². The first kappa shape index (κ1) is 16.2. The third kappa shape index (κ3) is 3.30. The number of carbonyl (C=O) groups excluding carboxylic acids is 2. The Morgan fingerprint density at radius 3 is 2.67 bits per heavy atom. The van der Waals surface area contributed by atoms with Gasteiger partial charge in [0, 0.05) is 30.2 Å².